The minimum atomic E-state index is -0.975. The van der Waals surface area contributed by atoms with Gasteiger partial charge in [-0.25, -0.2) is 4.79 Å². The summed E-state index contributed by atoms with van der Waals surface area (Å²) >= 11 is 0. The Kier molecular flexibility index (Phi) is 3.71. The number of hydrogen-bond donors (Lipinski definition) is 2. The zero-order valence-corrected chi connectivity index (χ0v) is 10.7. The Labute approximate surface area is 112 Å². The third kappa shape index (κ3) is 2.68. The summed E-state index contributed by atoms with van der Waals surface area (Å²) in [6.45, 7) is 2.66. The van der Waals surface area contributed by atoms with Gasteiger partial charge in [-0.2, -0.15) is 0 Å². The molecule has 0 amide bonds. The van der Waals surface area contributed by atoms with E-state index in [0.29, 0.717) is 17.9 Å². The van der Waals surface area contributed by atoms with Crippen molar-refractivity contribution in [3.63, 3.8) is 0 Å². The molecule has 4 heteroatoms. The highest BCUT2D eigenvalue weighted by Gasteiger charge is 2.16. The predicted octanol–water partition coefficient (Wildman–Crippen LogP) is 3.12. The van der Waals surface area contributed by atoms with Crippen molar-refractivity contribution in [1.82, 2.24) is 0 Å². The summed E-state index contributed by atoms with van der Waals surface area (Å²) in [5, 5.41) is 9.30. The maximum absolute atomic E-state index is 11.3. The molecule has 0 unspecified atom stereocenters. The average molecular weight is 256 g/mol. The molecule has 19 heavy (non-hydrogen) atoms. The van der Waals surface area contributed by atoms with Gasteiger partial charge in [0.1, 0.15) is 0 Å². The number of nitrogens with zero attached hydrogens (tertiary/aromatic N) is 1. The van der Waals surface area contributed by atoms with Gasteiger partial charge in [-0.3, -0.25) is 0 Å². The van der Waals surface area contributed by atoms with Crippen molar-refractivity contribution < 1.29 is 9.90 Å². The van der Waals surface area contributed by atoms with Crippen LogP contribution < -0.4 is 10.6 Å². The van der Waals surface area contributed by atoms with Gasteiger partial charge in [-0.05, 0) is 37.3 Å². The van der Waals surface area contributed by atoms with Gasteiger partial charge in [-0.1, -0.05) is 18.2 Å². The lowest BCUT2D eigenvalue weighted by Gasteiger charge is -2.25. The molecule has 0 aliphatic carbocycles. The molecular formula is C15H16N2O2. The number of carboxylic acids is 1. The van der Waals surface area contributed by atoms with Gasteiger partial charge in [0.15, 0.2) is 0 Å². The van der Waals surface area contributed by atoms with Crippen LogP contribution >= 0.6 is 0 Å². The van der Waals surface area contributed by atoms with Crippen LogP contribution in [0.25, 0.3) is 0 Å². The average Bonchev–Trinajstić information content (AvgIpc) is 2.42. The molecule has 0 spiro atoms. The molecule has 0 saturated carbocycles. The number of hydrogen-bond acceptors (Lipinski definition) is 3. The second kappa shape index (κ2) is 5.44. The molecule has 2 aromatic rings. The number of nitrogen functional groups attached to an aromatic ring is 1. The Hall–Kier alpha value is -2.49. The molecule has 0 atom stereocenters. The van der Waals surface area contributed by atoms with Crippen LogP contribution in [0.3, 0.4) is 0 Å². The van der Waals surface area contributed by atoms with Gasteiger partial charge in [0.05, 0.1) is 11.3 Å². The molecule has 0 bridgehead atoms. The highest BCUT2D eigenvalue weighted by atomic mass is 16.4. The van der Waals surface area contributed by atoms with Gasteiger partial charge in [0.2, 0.25) is 0 Å². The highest BCUT2D eigenvalue weighted by molar-refractivity contribution is 5.96. The fourth-order valence-electron chi connectivity index (χ4n) is 2.06. The molecule has 0 aliphatic heterocycles. The molecule has 2 rings (SSSR count). The molecule has 0 fully saturated rings. The van der Waals surface area contributed by atoms with Crippen molar-refractivity contribution in [3.05, 3.63) is 54.1 Å². The van der Waals surface area contributed by atoms with Gasteiger partial charge in [0.25, 0.3) is 0 Å². The van der Waals surface area contributed by atoms with Crippen molar-refractivity contribution in [1.29, 1.82) is 0 Å². The Balaban J connectivity index is 2.53. The Bertz CT molecular complexity index is 582. The third-order valence-corrected chi connectivity index (χ3v) is 2.93. The highest BCUT2D eigenvalue weighted by Crippen LogP contribution is 2.29. The first-order chi connectivity index (χ1) is 9.13. The predicted molar refractivity (Wildman–Crippen MR) is 76.9 cm³/mol. The zero-order chi connectivity index (χ0) is 13.8. The van der Waals surface area contributed by atoms with Crippen molar-refractivity contribution >= 4 is 23.0 Å². The van der Waals surface area contributed by atoms with E-state index < -0.39 is 5.97 Å². The van der Waals surface area contributed by atoms with E-state index in [0.717, 1.165) is 5.69 Å². The van der Waals surface area contributed by atoms with E-state index >= 15 is 0 Å². The molecule has 2 aromatic carbocycles. The second-order valence-corrected chi connectivity index (χ2v) is 4.16. The van der Waals surface area contributed by atoms with Crippen LogP contribution in [0.4, 0.5) is 17.1 Å². The van der Waals surface area contributed by atoms with E-state index in [-0.39, 0.29) is 5.56 Å². The van der Waals surface area contributed by atoms with E-state index in [4.69, 9.17) is 5.73 Å². The molecule has 0 saturated heterocycles. The minimum Gasteiger partial charge on any atom is -0.478 e. The first kappa shape index (κ1) is 13.0. The maximum atomic E-state index is 11.3. The normalized spacial score (nSPS) is 10.2. The zero-order valence-electron chi connectivity index (χ0n) is 10.7. The molecule has 0 heterocycles. The number of para-hydroxylation sites is 1. The van der Waals surface area contributed by atoms with E-state index in [1.807, 2.05) is 42.2 Å². The summed E-state index contributed by atoms with van der Waals surface area (Å²) in [5.74, 6) is -0.975. The van der Waals surface area contributed by atoms with Gasteiger partial charge >= 0.3 is 5.97 Å². The fourth-order valence-corrected chi connectivity index (χ4v) is 2.06. The monoisotopic (exact) mass is 256 g/mol. The van der Waals surface area contributed by atoms with Gasteiger partial charge in [-0.15, -0.1) is 0 Å². The van der Waals surface area contributed by atoms with Crippen molar-refractivity contribution in [2.24, 2.45) is 0 Å². The fraction of sp³-hybridized carbons (Fsp3) is 0.133. The molecular weight excluding hydrogens is 240 g/mol. The van der Waals surface area contributed by atoms with Crippen LogP contribution in [0.2, 0.25) is 0 Å². The smallest absolute Gasteiger partial charge is 0.337 e. The summed E-state index contributed by atoms with van der Waals surface area (Å²) in [6, 6.07) is 14.6. The summed E-state index contributed by atoms with van der Waals surface area (Å²) in [5.41, 5.74) is 7.93. The number of anilines is 3. The topological polar surface area (TPSA) is 66.6 Å². The summed E-state index contributed by atoms with van der Waals surface area (Å²) in [7, 11) is 0. The van der Waals surface area contributed by atoms with Gasteiger partial charge in [0, 0.05) is 17.9 Å². The Morgan fingerprint density at radius 3 is 2.47 bits per heavy atom. The number of benzene rings is 2. The standard InChI is InChI=1S/C15H16N2O2/c1-2-17(12-6-4-3-5-7-12)14-9-8-11(16)10-13(14)15(18)19/h3-10H,2,16H2,1H3,(H,18,19). The number of carbonyl (C=O) groups is 1. The second-order valence-electron chi connectivity index (χ2n) is 4.16. The molecule has 98 valence electrons. The summed E-state index contributed by atoms with van der Waals surface area (Å²) < 4.78 is 0. The van der Waals surface area contributed by atoms with Crippen molar-refractivity contribution in [2.45, 2.75) is 6.92 Å². The summed E-state index contributed by atoms with van der Waals surface area (Å²) in [6.07, 6.45) is 0. The van der Waals surface area contributed by atoms with Crippen molar-refractivity contribution in [3.8, 4) is 0 Å². The van der Waals surface area contributed by atoms with E-state index in [1.165, 1.54) is 6.07 Å². The number of carboxylic acid groups (broad SMARTS) is 1. The lowest BCUT2D eigenvalue weighted by molar-refractivity contribution is 0.0697. The van der Waals surface area contributed by atoms with Crippen LogP contribution in [0.5, 0.6) is 0 Å². The third-order valence-electron chi connectivity index (χ3n) is 2.93. The van der Waals surface area contributed by atoms with Crippen LogP contribution in [0, 0.1) is 0 Å². The first-order valence-electron chi connectivity index (χ1n) is 6.09. The van der Waals surface area contributed by atoms with E-state index in [9.17, 15) is 9.90 Å². The SMILES string of the molecule is CCN(c1ccccc1)c1ccc(N)cc1C(=O)O. The van der Waals surface area contributed by atoms with Gasteiger partial charge < -0.3 is 15.7 Å². The lowest BCUT2D eigenvalue weighted by atomic mass is 10.1. The molecule has 0 aliphatic rings. The van der Waals surface area contributed by atoms with Crippen LogP contribution in [0.1, 0.15) is 17.3 Å². The van der Waals surface area contributed by atoms with Crippen LogP contribution in [-0.4, -0.2) is 17.6 Å². The molecule has 0 radical (unpaired) electrons. The number of aromatic carboxylic acids is 1. The lowest BCUT2D eigenvalue weighted by Crippen LogP contribution is -2.19. The number of rotatable bonds is 4. The quantitative estimate of drug-likeness (QED) is 0.825. The molecule has 4 nitrogen and oxygen atoms in total. The largest absolute Gasteiger partial charge is 0.478 e. The van der Waals surface area contributed by atoms with E-state index in [1.54, 1.807) is 12.1 Å². The van der Waals surface area contributed by atoms with E-state index in [2.05, 4.69) is 0 Å². The number of nitrogens with two attached hydrogens (primary N) is 1. The molecule has 0 aromatic heterocycles. The summed E-state index contributed by atoms with van der Waals surface area (Å²) in [4.78, 5) is 13.3. The Morgan fingerprint density at radius 1 is 1.21 bits per heavy atom. The van der Waals surface area contributed by atoms with Crippen LogP contribution in [-0.2, 0) is 0 Å². The Morgan fingerprint density at radius 2 is 1.89 bits per heavy atom. The first-order valence-corrected chi connectivity index (χ1v) is 6.09. The van der Waals surface area contributed by atoms with Crippen molar-refractivity contribution in [2.75, 3.05) is 17.2 Å². The van der Waals surface area contributed by atoms with Crippen LogP contribution in [0.15, 0.2) is 48.5 Å². The molecule has 3 N–H and O–H groups in total. The maximum Gasteiger partial charge on any atom is 0.337 e. The minimum absolute atomic E-state index is 0.214.